The van der Waals surface area contributed by atoms with Gasteiger partial charge in [0.15, 0.2) is 0 Å². The van der Waals surface area contributed by atoms with Crippen molar-refractivity contribution in [2.24, 2.45) is 0 Å². The fourth-order valence-electron chi connectivity index (χ4n) is 2.92. The van der Waals surface area contributed by atoms with Gasteiger partial charge in [-0.25, -0.2) is 8.42 Å². The maximum Gasteiger partial charge on any atom is 0.264 e. The van der Waals surface area contributed by atoms with E-state index in [0.29, 0.717) is 16.3 Å². The summed E-state index contributed by atoms with van der Waals surface area (Å²) in [6.07, 6.45) is 0. The van der Waals surface area contributed by atoms with E-state index in [4.69, 9.17) is 11.6 Å². The number of carbonyl (C=O) groups excluding carboxylic acids is 1. The normalized spacial score (nSPS) is 11.2. The molecule has 0 radical (unpaired) electrons. The number of rotatable bonds is 5. The summed E-state index contributed by atoms with van der Waals surface area (Å²) in [7, 11) is -2.26. The zero-order valence-corrected chi connectivity index (χ0v) is 17.9. The molecule has 3 aromatic carbocycles. The molecule has 0 bridgehead atoms. The Balaban J connectivity index is 1.80. The minimum Gasteiger partial charge on any atom is -0.322 e. The standard InChI is InChI=1S/C22H21ClN2O3S/c1-15-5-4-6-16(2)21(15)24-22(26)17-7-11-19(12-8-17)25(3)29(27,28)20-13-9-18(23)10-14-20/h4-14H,1-3H3,(H,24,26). The second kappa shape index (κ2) is 8.27. The molecule has 0 aliphatic carbocycles. The van der Waals surface area contributed by atoms with Gasteiger partial charge in [0.2, 0.25) is 0 Å². The first-order chi connectivity index (χ1) is 13.7. The Bertz CT molecular complexity index is 1120. The summed E-state index contributed by atoms with van der Waals surface area (Å²) in [6, 6.07) is 18.2. The fourth-order valence-corrected chi connectivity index (χ4v) is 4.25. The Kier molecular flexibility index (Phi) is 5.96. The number of benzene rings is 3. The highest BCUT2D eigenvalue weighted by molar-refractivity contribution is 7.92. The monoisotopic (exact) mass is 428 g/mol. The molecule has 3 aromatic rings. The van der Waals surface area contributed by atoms with Crippen molar-refractivity contribution in [3.63, 3.8) is 0 Å². The number of nitrogens with zero attached hydrogens (tertiary/aromatic N) is 1. The Hall–Kier alpha value is -2.83. The van der Waals surface area contributed by atoms with Crippen molar-refractivity contribution in [2.75, 3.05) is 16.7 Å². The SMILES string of the molecule is Cc1cccc(C)c1NC(=O)c1ccc(N(C)S(=O)(=O)c2ccc(Cl)cc2)cc1. The van der Waals surface area contributed by atoms with E-state index in [-0.39, 0.29) is 10.8 Å². The number of aryl methyl sites for hydroxylation is 2. The molecule has 0 saturated carbocycles. The second-order valence-corrected chi connectivity index (χ2v) is 9.10. The maximum atomic E-state index is 12.8. The summed E-state index contributed by atoms with van der Waals surface area (Å²) in [5, 5.41) is 3.39. The van der Waals surface area contributed by atoms with Crippen LogP contribution in [-0.4, -0.2) is 21.4 Å². The third-order valence-corrected chi connectivity index (χ3v) is 6.74. The van der Waals surface area contributed by atoms with E-state index in [1.165, 1.54) is 35.6 Å². The topological polar surface area (TPSA) is 66.5 Å². The first-order valence-corrected chi connectivity index (χ1v) is 10.7. The number of sulfonamides is 1. The summed E-state index contributed by atoms with van der Waals surface area (Å²) in [5.41, 5.74) is 3.62. The molecule has 150 valence electrons. The van der Waals surface area contributed by atoms with Crippen LogP contribution in [0.25, 0.3) is 0 Å². The van der Waals surface area contributed by atoms with Gasteiger partial charge < -0.3 is 5.32 Å². The molecule has 0 aromatic heterocycles. The number of hydrogen-bond donors (Lipinski definition) is 1. The summed E-state index contributed by atoms with van der Waals surface area (Å²) >= 11 is 5.84. The van der Waals surface area contributed by atoms with Gasteiger partial charge in [-0.2, -0.15) is 0 Å². The lowest BCUT2D eigenvalue weighted by molar-refractivity contribution is 0.102. The van der Waals surface area contributed by atoms with Crippen LogP contribution in [0.1, 0.15) is 21.5 Å². The van der Waals surface area contributed by atoms with Crippen molar-refractivity contribution in [1.29, 1.82) is 0 Å². The molecule has 0 unspecified atom stereocenters. The molecule has 0 fully saturated rings. The van der Waals surface area contributed by atoms with Crippen molar-refractivity contribution in [2.45, 2.75) is 18.7 Å². The van der Waals surface area contributed by atoms with Gasteiger partial charge in [-0.3, -0.25) is 9.10 Å². The van der Waals surface area contributed by atoms with Crippen molar-refractivity contribution >= 4 is 38.9 Å². The van der Waals surface area contributed by atoms with Gasteiger partial charge in [-0.15, -0.1) is 0 Å². The fraction of sp³-hybridized carbons (Fsp3) is 0.136. The lowest BCUT2D eigenvalue weighted by Gasteiger charge is -2.20. The smallest absolute Gasteiger partial charge is 0.264 e. The predicted octanol–water partition coefficient (Wildman–Crippen LogP) is 5.03. The highest BCUT2D eigenvalue weighted by atomic mass is 35.5. The van der Waals surface area contributed by atoms with Gasteiger partial charge >= 0.3 is 0 Å². The van der Waals surface area contributed by atoms with E-state index >= 15 is 0 Å². The molecule has 0 aliphatic heterocycles. The number of nitrogens with one attached hydrogen (secondary N) is 1. The zero-order valence-electron chi connectivity index (χ0n) is 16.3. The molecule has 3 rings (SSSR count). The van der Waals surface area contributed by atoms with Crippen LogP contribution in [0.2, 0.25) is 5.02 Å². The summed E-state index contributed by atoms with van der Waals surface area (Å²) in [5.74, 6) is -0.253. The van der Waals surface area contributed by atoms with Gasteiger partial charge in [0.05, 0.1) is 10.6 Å². The summed E-state index contributed by atoms with van der Waals surface area (Å²) < 4.78 is 26.7. The molecular weight excluding hydrogens is 408 g/mol. The van der Waals surface area contributed by atoms with Crippen LogP contribution in [0.15, 0.2) is 71.6 Å². The first-order valence-electron chi connectivity index (χ1n) is 8.92. The third kappa shape index (κ3) is 4.44. The van der Waals surface area contributed by atoms with E-state index in [0.717, 1.165) is 16.8 Å². The van der Waals surface area contributed by atoms with E-state index in [2.05, 4.69) is 5.32 Å². The Morgan fingerprint density at radius 3 is 2.00 bits per heavy atom. The lowest BCUT2D eigenvalue weighted by Crippen LogP contribution is -2.26. The number of anilines is 2. The lowest BCUT2D eigenvalue weighted by atomic mass is 10.1. The molecule has 0 atom stereocenters. The average molecular weight is 429 g/mol. The molecule has 7 heteroatoms. The highest BCUT2D eigenvalue weighted by Crippen LogP contribution is 2.24. The number of halogens is 1. The quantitative estimate of drug-likeness (QED) is 0.619. The third-order valence-electron chi connectivity index (χ3n) is 4.68. The van der Waals surface area contributed by atoms with E-state index in [1.54, 1.807) is 24.3 Å². The van der Waals surface area contributed by atoms with E-state index < -0.39 is 10.0 Å². The number of amides is 1. The highest BCUT2D eigenvalue weighted by Gasteiger charge is 2.21. The average Bonchev–Trinajstić information content (AvgIpc) is 2.70. The largest absolute Gasteiger partial charge is 0.322 e. The molecule has 1 N–H and O–H groups in total. The Morgan fingerprint density at radius 1 is 0.897 bits per heavy atom. The summed E-state index contributed by atoms with van der Waals surface area (Å²) in [6.45, 7) is 3.87. The zero-order chi connectivity index (χ0) is 21.2. The van der Waals surface area contributed by atoms with E-state index in [9.17, 15) is 13.2 Å². The molecule has 0 heterocycles. The molecule has 0 spiro atoms. The van der Waals surface area contributed by atoms with Crippen LogP contribution in [0.4, 0.5) is 11.4 Å². The van der Waals surface area contributed by atoms with Crippen LogP contribution in [0.5, 0.6) is 0 Å². The van der Waals surface area contributed by atoms with Crippen molar-refractivity contribution in [3.05, 3.63) is 88.4 Å². The van der Waals surface area contributed by atoms with Crippen LogP contribution in [0, 0.1) is 13.8 Å². The number of carbonyl (C=O) groups is 1. The molecule has 5 nitrogen and oxygen atoms in total. The van der Waals surface area contributed by atoms with Crippen LogP contribution in [-0.2, 0) is 10.0 Å². The molecule has 29 heavy (non-hydrogen) atoms. The minimum atomic E-state index is -3.73. The van der Waals surface area contributed by atoms with Gasteiger partial charge in [-0.05, 0) is 73.5 Å². The van der Waals surface area contributed by atoms with Gasteiger partial charge in [0, 0.05) is 23.3 Å². The molecular formula is C22H21ClN2O3S. The van der Waals surface area contributed by atoms with Crippen molar-refractivity contribution < 1.29 is 13.2 Å². The number of para-hydroxylation sites is 1. The Labute approximate surface area is 176 Å². The molecule has 0 saturated heterocycles. The second-order valence-electron chi connectivity index (χ2n) is 6.69. The van der Waals surface area contributed by atoms with Crippen LogP contribution in [0.3, 0.4) is 0 Å². The minimum absolute atomic E-state index is 0.140. The summed E-state index contributed by atoms with van der Waals surface area (Å²) in [4.78, 5) is 12.7. The van der Waals surface area contributed by atoms with Crippen molar-refractivity contribution in [3.8, 4) is 0 Å². The van der Waals surface area contributed by atoms with Crippen LogP contribution < -0.4 is 9.62 Å². The first kappa shape index (κ1) is 20.9. The maximum absolute atomic E-state index is 12.8. The number of hydrogen-bond acceptors (Lipinski definition) is 3. The van der Waals surface area contributed by atoms with Gasteiger partial charge in [0.1, 0.15) is 0 Å². The van der Waals surface area contributed by atoms with Gasteiger partial charge in [-0.1, -0.05) is 29.8 Å². The van der Waals surface area contributed by atoms with Crippen molar-refractivity contribution in [1.82, 2.24) is 0 Å². The van der Waals surface area contributed by atoms with E-state index in [1.807, 2.05) is 32.0 Å². The Morgan fingerprint density at radius 2 is 1.45 bits per heavy atom. The predicted molar refractivity (Wildman–Crippen MR) is 117 cm³/mol. The van der Waals surface area contributed by atoms with Crippen LogP contribution >= 0.6 is 11.6 Å². The van der Waals surface area contributed by atoms with Gasteiger partial charge in [0.25, 0.3) is 15.9 Å². The molecule has 1 amide bonds. The molecule has 0 aliphatic rings.